The minimum Gasteiger partial charge on any atom is -0.369 e. The molecule has 3 nitrogen and oxygen atoms in total. The van der Waals surface area contributed by atoms with Crippen molar-refractivity contribution in [1.29, 1.82) is 0 Å². The van der Waals surface area contributed by atoms with Gasteiger partial charge in [-0.25, -0.2) is 9.97 Å². The molecular formula is C10H16ClN3. The SMILES string of the molecule is CC(C)(C)CCNc1cnc(Cl)cn1. The number of nitrogens with one attached hydrogen (secondary N) is 1. The maximum atomic E-state index is 5.62. The normalized spacial score (nSPS) is 11.4. The average molecular weight is 214 g/mol. The molecule has 0 amide bonds. The summed E-state index contributed by atoms with van der Waals surface area (Å²) < 4.78 is 0. The maximum Gasteiger partial charge on any atom is 0.147 e. The number of hydrogen-bond acceptors (Lipinski definition) is 3. The highest BCUT2D eigenvalue weighted by molar-refractivity contribution is 6.29. The van der Waals surface area contributed by atoms with Crippen molar-refractivity contribution in [2.75, 3.05) is 11.9 Å². The Bertz CT molecular complexity index is 276. The van der Waals surface area contributed by atoms with E-state index in [0.717, 1.165) is 18.8 Å². The minimum absolute atomic E-state index is 0.340. The molecule has 0 aromatic carbocycles. The fraction of sp³-hybridized carbons (Fsp3) is 0.600. The lowest BCUT2D eigenvalue weighted by Crippen LogP contribution is -2.13. The molecular weight excluding hydrogens is 198 g/mol. The molecule has 0 bridgehead atoms. The second kappa shape index (κ2) is 4.60. The van der Waals surface area contributed by atoms with Crippen LogP contribution in [0.3, 0.4) is 0 Å². The van der Waals surface area contributed by atoms with Crippen molar-refractivity contribution in [3.63, 3.8) is 0 Å². The quantitative estimate of drug-likeness (QED) is 0.839. The van der Waals surface area contributed by atoms with Crippen LogP contribution in [0.25, 0.3) is 0 Å². The molecule has 0 fully saturated rings. The van der Waals surface area contributed by atoms with Crippen molar-refractivity contribution < 1.29 is 0 Å². The first kappa shape index (κ1) is 11.2. The standard InChI is InChI=1S/C10H16ClN3/c1-10(2,3)4-5-12-9-7-13-8(11)6-14-9/h6-7H,4-5H2,1-3H3,(H,12,14). The van der Waals surface area contributed by atoms with E-state index < -0.39 is 0 Å². The molecule has 78 valence electrons. The van der Waals surface area contributed by atoms with Crippen LogP contribution < -0.4 is 5.32 Å². The summed E-state index contributed by atoms with van der Waals surface area (Å²) in [4.78, 5) is 8.03. The Morgan fingerprint density at radius 1 is 1.29 bits per heavy atom. The van der Waals surface area contributed by atoms with Crippen LogP contribution in [0.1, 0.15) is 27.2 Å². The molecule has 1 aromatic heterocycles. The first-order chi connectivity index (χ1) is 6.47. The predicted octanol–water partition coefficient (Wildman–Crippen LogP) is 2.98. The van der Waals surface area contributed by atoms with Gasteiger partial charge in [-0.1, -0.05) is 32.4 Å². The Morgan fingerprint density at radius 2 is 2.00 bits per heavy atom. The van der Waals surface area contributed by atoms with Crippen LogP contribution in [0.2, 0.25) is 5.15 Å². The summed E-state index contributed by atoms with van der Waals surface area (Å²) in [6.45, 7) is 7.53. The van der Waals surface area contributed by atoms with E-state index in [9.17, 15) is 0 Å². The first-order valence-corrected chi connectivity index (χ1v) is 5.07. The number of halogens is 1. The van der Waals surface area contributed by atoms with E-state index in [-0.39, 0.29) is 0 Å². The Hall–Kier alpha value is -0.830. The van der Waals surface area contributed by atoms with Gasteiger partial charge in [-0.2, -0.15) is 0 Å². The van der Waals surface area contributed by atoms with Crippen LogP contribution in [-0.2, 0) is 0 Å². The van der Waals surface area contributed by atoms with E-state index in [2.05, 4.69) is 36.1 Å². The van der Waals surface area contributed by atoms with Gasteiger partial charge in [0, 0.05) is 6.54 Å². The number of anilines is 1. The lowest BCUT2D eigenvalue weighted by molar-refractivity contribution is 0.389. The van der Waals surface area contributed by atoms with Crippen molar-refractivity contribution in [3.8, 4) is 0 Å². The van der Waals surface area contributed by atoms with Gasteiger partial charge in [0.05, 0.1) is 12.4 Å². The minimum atomic E-state index is 0.340. The molecule has 0 saturated heterocycles. The highest BCUT2D eigenvalue weighted by Crippen LogP contribution is 2.18. The summed E-state index contributed by atoms with van der Waals surface area (Å²) in [6, 6.07) is 0. The molecule has 0 atom stereocenters. The second-order valence-electron chi connectivity index (χ2n) is 4.46. The van der Waals surface area contributed by atoms with E-state index in [4.69, 9.17) is 11.6 Å². The Kier molecular flexibility index (Phi) is 3.69. The zero-order valence-corrected chi connectivity index (χ0v) is 9.60. The van der Waals surface area contributed by atoms with Crippen LogP contribution in [0.4, 0.5) is 5.82 Å². The molecule has 1 rings (SSSR count). The molecule has 1 heterocycles. The zero-order chi connectivity index (χ0) is 10.6. The molecule has 4 heteroatoms. The van der Waals surface area contributed by atoms with Crippen molar-refractivity contribution in [2.24, 2.45) is 5.41 Å². The molecule has 1 N–H and O–H groups in total. The van der Waals surface area contributed by atoms with E-state index in [1.807, 2.05) is 0 Å². The monoisotopic (exact) mass is 213 g/mol. The van der Waals surface area contributed by atoms with Gasteiger partial charge in [0.1, 0.15) is 11.0 Å². The topological polar surface area (TPSA) is 37.8 Å². The van der Waals surface area contributed by atoms with Crippen LogP contribution in [0.5, 0.6) is 0 Å². The van der Waals surface area contributed by atoms with E-state index in [1.165, 1.54) is 0 Å². The van der Waals surface area contributed by atoms with Gasteiger partial charge in [0.2, 0.25) is 0 Å². The Labute approximate surface area is 89.9 Å². The summed E-state index contributed by atoms with van der Waals surface area (Å²) in [5, 5.41) is 3.62. The van der Waals surface area contributed by atoms with Crippen LogP contribution in [0, 0.1) is 5.41 Å². The fourth-order valence-electron chi connectivity index (χ4n) is 0.969. The molecule has 0 aliphatic rings. The van der Waals surface area contributed by atoms with Gasteiger partial charge >= 0.3 is 0 Å². The molecule has 0 unspecified atom stereocenters. The molecule has 0 radical (unpaired) electrons. The van der Waals surface area contributed by atoms with Crippen molar-refractivity contribution >= 4 is 17.4 Å². The number of nitrogens with zero attached hydrogens (tertiary/aromatic N) is 2. The molecule has 14 heavy (non-hydrogen) atoms. The largest absolute Gasteiger partial charge is 0.369 e. The molecule has 0 aliphatic carbocycles. The third kappa shape index (κ3) is 4.42. The summed E-state index contributed by atoms with van der Waals surface area (Å²) in [5.41, 5.74) is 0.340. The Morgan fingerprint density at radius 3 is 2.50 bits per heavy atom. The summed E-state index contributed by atoms with van der Waals surface area (Å²) in [7, 11) is 0. The molecule has 0 saturated carbocycles. The van der Waals surface area contributed by atoms with Gasteiger partial charge in [0.25, 0.3) is 0 Å². The molecule has 0 aliphatic heterocycles. The third-order valence-corrected chi connectivity index (χ3v) is 2.00. The number of rotatable bonds is 3. The zero-order valence-electron chi connectivity index (χ0n) is 8.84. The lowest BCUT2D eigenvalue weighted by Gasteiger charge is -2.18. The summed E-state index contributed by atoms with van der Waals surface area (Å²) in [5.74, 6) is 0.777. The van der Waals surface area contributed by atoms with E-state index >= 15 is 0 Å². The van der Waals surface area contributed by atoms with E-state index in [1.54, 1.807) is 12.4 Å². The van der Waals surface area contributed by atoms with Gasteiger partial charge in [-0.15, -0.1) is 0 Å². The third-order valence-electron chi connectivity index (χ3n) is 1.80. The van der Waals surface area contributed by atoms with Crippen molar-refractivity contribution in [1.82, 2.24) is 9.97 Å². The smallest absolute Gasteiger partial charge is 0.147 e. The van der Waals surface area contributed by atoms with Crippen molar-refractivity contribution in [3.05, 3.63) is 17.5 Å². The van der Waals surface area contributed by atoms with Gasteiger partial charge in [0.15, 0.2) is 0 Å². The summed E-state index contributed by atoms with van der Waals surface area (Å²) >= 11 is 5.62. The highest BCUT2D eigenvalue weighted by atomic mass is 35.5. The lowest BCUT2D eigenvalue weighted by atomic mass is 9.92. The maximum absolute atomic E-state index is 5.62. The fourth-order valence-corrected chi connectivity index (χ4v) is 1.07. The number of hydrogen-bond donors (Lipinski definition) is 1. The highest BCUT2D eigenvalue weighted by Gasteiger charge is 2.08. The predicted molar refractivity (Wildman–Crippen MR) is 59.6 cm³/mol. The first-order valence-electron chi connectivity index (χ1n) is 4.69. The van der Waals surface area contributed by atoms with Gasteiger partial charge < -0.3 is 5.32 Å². The number of aromatic nitrogens is 2. The molecule has 1 aromatic rings. The Balaban J connectivity index is 2.35. The van der Waals surface area contributed by atoms with Gasteiger partial charge in [-0.05, 0) is 11.8 Å². The average Bonchev–Trinajstić information content (AvgIpc) is 2.06. The van der Waals surface area contributed by atoms with Crippen LogP contribution in [0.15, 0.2) is 12.4 Å². The summed E-state index contributed by atoms with van der Waals surface area (Å²) in [6.07, 6.45) is 4.28. The molecule has 0 spiro atoms. The van der Waals surface area contributed by atoms with Gasteiger partial charge in [-0.3, -0.25) is 0 Å². The van der Waals surface area contributed by atoms with Crippen molar-refractivity contribution in [2.45, 2.75) is 27.2 Å². The van der Waals surface area contributed by atoms with Crippen LogP contribution in [-0.4, -0.2) is 16.5 Å². The second-order valence-corrected chi connectivity index (χ2v) is 4.85. The van der Waals surface area contributed by atoms with Crippen LogP contribution >= 0.6 is 11.6 Å². The van der Waals surface area contributed by atoms with E-state index in [0.29, 0.717) is 10.6 Å².